The van der Waals surface area contributed by atoms with E-state index in [1.165, 1.54) is 0 Å². The largest absolute Gasteiger partial charge is 0.496 e. The fourth-order valence-corrected chi connectivity index (χ4v) is 3.68. The van der Waals surface area contributed by atoms with E-state index in [9.17, 15) is 0 Å². The number of nitrogens with one attached hydrogen (secondary N) is 1. The molecule has 1 fully saturated rings. The Morgan fingerprint density at radius 2 is 1.89 bits per heavy atom. The van der Waals surface area contributed by atoms with Gasteiger partial charge in [0.2, 0.25) is 0 Å². The van der Waals surface area contributed by atoms with E-state index >= 15 is 0 Å². The molecule has 0 amide bonds. The number of ether oxygens (including phenoxy) is 4. The average molecular weight is 497 g/mol. The summed E-state index contributed by atoms with van der Waals surface area (Å²) in [6.45, 7) is 0.748. The minimum atomic E-state index is -0.0476. The monoisotopic (exact) mass is 497 g/mol. The summed E-state index contributed by atoms with van der Waals surface area (Å²) in [4.78, 5) is 13.6. The highest BCUT2D eigenvalue weighted by Crippen LogP contribution is 2.41. The van der Waals surface area contributed by atoms with Crippen LogP contribution in [0.15, 0.2) is 18.5 Å². The zero-order chi connectivity index (χ0) is 19.7. The number of hydrogen-bond donors (Lipinski definition) is 1. The molecule has 1 aliphatic rings. The lowest BCUT2D eigenvalue weighted by molar-refractivity contribution is 0.0592. The number of aromatic nitrogens is 4. The van der Waals surface area contributed by atoms with Crippen LogP contribution in [0.25, 0.3) is 11.2 Å². The van der Waals surface area contributed by atoms with Crippen molar-refractivity contribution in [3.05, 3.63) is 22.3 Å². The minimum Gasteiger partial charge on any atom is -0.496 e. The molecular formula is C18H20IN5O4. The topological polar surface area (TPSA) is 92.6 Å². The number of nitrogens with zero attached hydrogens (tertiary/aromatic N) is 4. The molecule has 0 saturated carbocycles. The number of hydrogen-bond acceptors (Lipinski definition) is 8. The van der Waals surface area contributed by atoms with Gasteiger partial charge in [-0.05, 0) is 12.8 Å². The molecule has 3 aromatic rings. The van der Waals surface area contributed by atoms with Crippen molar-refractivity contribution in [1.29, 1.82) is 0 Å². The minimum absolute atomic E-state index is 0.0476. The molecule has 0 spiro atoms. The van der Waals surface area contributed by atoms with Crippen LogP contribution in [0, 0.1) is 3.83 Å². The van der Waals surface area contributed by atoms with E-state index in [1.807, 2.05) is 4.57 Å². The lowest BCUT2D eigenvalue weighted by atomic mass is 10.2. The first kappa shape index (κ1) is 19.0. The number of rotatable bonds is 6. The summed E-state index contributed by atoms with van der Waals surface area (Å²) in [6, 6.07) is 3.55. The molecule has 3 heterocycles. The Bertz CT molecular complexity index is 978. The molecule has 148 valence electrons. The summed E-state index contributed by atoms with van der Waals surface area (Å²) in [5, 5.41) is 3.30. The van der Waals surface area contributed by atoms with Crippen molar-refractivity contribution in [1.82, 2.24) is 19.5 Å². The average Bonchev–Trinajstić information content (AvgIpc) is 3.37. The zero-order valence-corrected chi connectivity index (χ0v) is 17.9. The fraction of sp³-hybridized carbons (Fsp3) is 0.389. The summed E-state index contributed by atoms with van der Waals surface area (Å²) in [7, 11) is 4.77. The van der Waals surface area contributed by atoms with Gasteiger partial charge in [0.05, 0.1) is 27.7 Å². The van der Waals surface area contributed by atoms with Crippen LogP contribution in [0.3, 0.4) is 0 Å². The molecule has 10 heteroatoms. The molecule has 0 radical (unpaired) electrons. The van der Waals surface area contributed by atoms with Gasteiger partial charge in [0.1, 0.15) is 29.2 Å². The zero-order valence-electron chi connectivity index (χ0n) is 15.7. The SMILES string of the molecule is COc1cc(OC)c(Nc2nc(I)nc3c2ncn3C2CCCO2)c(OC)c1. The Kier molecular flexibility index (Phi) is 5.40. The molecule has 1 unspecified atom stereocenters. The van der Waals surface area contributed by atoms with Gasteiger partial charge >= 0.3 is 0 Å². The Morgan fingerprint density at radius 1 is 1.14 bits per heavy atom. The molecule has 1 aliphatic heterocycles. The number of benzene rings is 1. The van der Waals surface area contributed by atoms with Crippen LogP contribution in [-0.2, 0) is 4.74 Å². The van der Waals surface area contributed by atoms with Crippen LogP contribution in [0.5, 0.6) is 17.2 Å². The molecule has 9 nitrogen and oxygen atoms in total. The number of fused-ring (bicyclic) bond motifs is 1. The Balaban J connectivity index is 1.80. The highest BCUT2D eigenvalue weighted by Gasteiger charge is 2.23. The summed E-state index contributed by atoms with van der Waals surface area (Å²) in [5.74, 6) is 2.32. The van der Waals surface area contributed by atoms with Crippen LogP contribution in [0.1, 0.15) is 19.1 Å². The fourth-order valence-electron chi connectivity index (χ4n) is 3.22. The van der Waals surface area contributed by atoms with Gasteiger partial charge in [0.15, 0.2) is 20.8 Å². The van der Waals surface area contributed by atoms with E-state index < -0.39 is 0 Å². The van der Waals surface area contributed by atoms with E-state index in [1.54, 1.807) is 39.8 Å². The van der Waals surface area contributed by atoms with Crippen molar-refractivity contribution in [3.8, 4) is 17.2 Å². The van der Waals surface area contributed by atoms with Crippen LogP contribution < -0.4 is 19.5 Å². The van der Waals surface area contributed by atoms with E-state index in [4.69, 9.17) is 18.9 Å². The Labute approximate surface area is 175 Å². The first-order valence-electron chi connectivity index (χ1n) is 8.73. The number of halogens is 1. The smallest absolute Gasteiger partial charge is 0.194 e. The van der Waals surface area contributed by atoms with Gasteiger partial charge in [-0.25, -0.2) is 15.0 Å². The second-order valence-electron chi connectivity index (χ2n) is 6.16. The van der Waals surface area contributed by atoms with Crippen molar-refractivity contribution in [2.24, 2.45) is 0 Å². The second kappa shape index (κ2) is 7.95. The van der Waals surface area contributed by atoms with Crippen molar-refractivity contribution in [2.45, 2.75) is 19.1 Å². The predicted molar refractivity (Wildman–Crippen MR) is 112 cm³/mol. The number of anilines is 2. The van der Waals surface area contributed by atoms with Gasteiger partial charge in [0, 0.05) is 41.3 Å². The van der Waals surface area contributed by atoms with Gasteiger partial charge in [-0.15, -0.1) is 0 Å². The first-order chi connectivity index (χ1) is 13.6. The highest BCUT2D eigenvalue weighted by molar-refractivity contribution is 14.1. The van der Waals surface area contributed by atoms with Crippen molar-refractivity contribution in [2.75, 3.05) is 33.3 Å². The highest BCUT2D eigenvalue weighted by atomic mass is 127. The number of imidazole rings is 1. The quantitative estimate of drug-likeness (QED) is 0.409. The lowest BCUT2D eigenvalue weighted by Crippen LogP contribution is -2.08. The molecule has 28 heavy (non-hydrogen) atoms. The molecule has 2 aromatic heterocycles. The van der Waals surface area contributed by atoms with Crippen molar-refractivity contribution in [3.63, 3.8) is 0 Å². The molecular weight excluding hydrogens is 477 g/mol. The molecule has 0 bridgehead atoms. The maximum atomic E-state index is 5.79. The Morgan fingerprint density at radius 3 is 2.50 bits per heavy atom. The third kappa shape index (κ3) is 3.41. The van der Waals surface area contributed by atoms with E-state index in [0.29, 0.717) is 38.1 Å². The van der Waals surface area contributed by atoms with E-state index in [-0.39, 0.29) is 6.23 Å². The van der Waals surface area contributed by atoms with Crippen molar-refractivity contribution < 1.29 is 18.9 Å². The van der Waals surface area contributed by atoms with Gasteiger partial charge in [0.25, 0.3) is 0 Å². The standard InChI is InChI=1S/C18H20IN5O4/c1-25-10-7-11(26-2)14(12(8-10)27-3)21-16-15-17(23-18(19)22-16)24(9-20-15)13-5-4-6-28-13/h7-9,13H,4-6H2,1-3H3,(H,21,22,23). The first-order valence-corrected chi connectivity index (χ1v) is 9.81. The van der Waals surface area contributed by atoms with Crippen LogP contribution in [-0.4, -0.2) is 47.5 Å². The summed E-state index contributed by atoms with van der Waals surface area (Å²) in [5.41, 5.74) is 2.00. The van der Waals surface area contributed by atoms with Crippen LogP contribution >= 0.6 is 22.6 Å². The van der Waals surface area contributed by atoms with Crippen LogP contribution in [0.2, 0.25) is 0 Å². The molecule has 1 saturated heterocycles. The van der Waals surface area contributed by atoms with Crippen LogP contribution in [0.4, 0.5) is 11.5 Å². The second-order valence-corrected chi connectivity index (χ2v) is 7.13. The molecule has 1 atom stereocenters. The van der Waals surface area contributed by atoms with E-state index in [2.05, 4.69) is 42.9 Å². The number of methoxy groups -OCH3 is 3. The Hall–Kier alpha value is -2.34. The van der Waals surface area contributed by atoms with Gasteiger partial charge in [-0.3, -0.25) is 4.57 Å². The van der Waals surface area contributed by atoms with E-state index in [0.717, 1.165) is 25.1 Å². The maximum absolute atomic E-state index is 5.79. The summed E-state index contributed by atoms with van der Waals surface area (Å²) < 4.78 is 24.7. The summed E-state index contributed by atoms with van der Waals surface area (Å²) in [6.07, 6.45) is 3.67. The van der Waals surface area contributed by atoms with Gasteiger partial charge < -0.3 is 24.3 Å². The molecule has 1 N–H and O–H groups in total. The predicted octanol–water partition coefficient (Wildman–Crippen LogP) is 3.51. The van der Waals surface area contributed by atoms with Gasteiger partial charge in [-0.2, -0.15) is 0 Å². The molecule has 4 rings (SSSR count). The van der Waals surface area contributed by atoms with Gasteiger partial charge in [-0.1, -0.05) is 0 Å². The maximum Gasteiger partial charge on any atom is 0.194 e. The normalized spacial score (nSPS) is 16.4. The molecule has 0 aliphatic carbocycles. The summed E-state index contributed by atoms with van der Waals surface area (Å²) >= 11 is 2.09. The third-order valence-corrected chi connectivity index (χ3v) is 5.05. The molecule has 1 aromatic carbocycles. The lowest BCUT2D eigenvalue weighted by Gasteiger charge is -2.16. The van der Waals surface area contributed by atoms with Crippen molar-refractivity contribution >= 4 is 45.3 Å². The third-order valence-electron chi connectivity index (χ3n) is 4.57.